The Labute approximate surface area is 124 Å². The first-order valence-corrected chi connectivity index (χ1v) is 9.01. The van der Waals surface area contributed by atoms with Gasteiger partial charge in [-0.05, 0) is 30.3 Å². The molecule has 1 heterocycles. The minimum absolute atomic E-state index is 0.0560. The second kappa shape index (κ2) is 5.10. The van der Waals surface area contributed by atoms with E-state index in [1.54, 1.807) is 0 Å². The lowest BCUT2D eigenvalue weighted by atomic mass is 10.2. The highest BCUT2D eigenvalue weighted by atomic mass is 35.5. The van der Waals surface area contributed by atoms with E-state index in [9.17, 15) is 16.8 Å². The number of halogens is 1. The van der Waals surface area contributed by atoms with Gasteiger partial charge >= 0.3 is 0 Å². The predicted molar refractivity (Wildman–Crippen MR) is 74.4 cm³/mol. The van der Waals surface area contributed by atoms with Gasteiger partial charge in [0.1, 0.15) is 4.90 Å². The summed E-state index contributed by atoms with van der Waals surface area (Å²) in [5.41, 5.74) is -0.0560. The summed E-state index contributed by atoms with van der Waals surface area (Å²) >= 11 is 6.75. The van der Waals surface area contributed by atoms with E-state index in [-0.39, 0.29) is 5.56 Å². The molecule has 0 amide bonds. The van der Waals surface area contributed by atoms with Crippen molar-refractivity contribution in [3.63, 3.8) is 0 Å². The van der Waals surface area contributed by atoms with Crippen LogP contribution in [0.25, 0.3) is 10.4 Å². The Kier molecular flexibility index (Phi) is 3.93. The fraction of sp³-hybridized carbons (Fsp3) is 0. The van der Waals surface area contributed by atoms with Crippen molar-refractivity contribution in [3.8, 4) is 10.4 Å². The topological polar surface area (TPSA) is 109 Å². The quantitative estimate of drug-likeness (QED) is 0.820. The van der Waals surface area contributed by atoms with Gasteiger partial charge in [-0.25, -0.2) is 0 Å². The van der Waals surface area contributed by atoms with Crippen LogP contribution in [-0.4, -0.2) is 25.9 Å². The molecule has 0 bridgehead atoms. The molecule has 10 heteroatoms. The van der Waals surface area contributed by atoms with Gasteiger partial charge < -0.3 is 0 Å². The summed E-state index contributed by atoms with van der Waals surface area (Å²) in [6.07, 6.45) is 0. The van der Waals surface area contributed by atoms with Gasteiger partial charge in [-0.3, -0.25) is 9.11 Å². The van der Waals surface area contributed by atoms with E-state index in [4.69, 9.17) is 20.7 Å². The maximum atomic E-state index is 11.3. The number of rotatable bonds is 3. The molecule has 6 nitrogen and oxygen atoms in total. The molecule has 2 N–H and O–H groups in total. The lowest BCUT2D eigenvalue weighted by Gasteiger charge is -2.07. The molecular weight excluding hydrogens is 348 g/mol. The molecule has 0 spiro atoms. The van der Waals surface area contributed by atoms with Gasteiger partial charge in [0.2, 0.25) is 0 Å². The summed E-state index contributed by atoms with van der Waals surface area (Å²) in [6.45, 7) is 0. The van der Waals surface area contributed by atoms with Gasteiger partial charge in [0.15, 0.2) is 0 Å². The lowest BCUT2D eigenvalue weighted by Crippen LogP contribution is -2.04. The van der Waals surface area contributed by atoms with Crippen LogP contribution in [0.2, 0.25) is 4.34 Å². The first kappa shape index (κ1) is 15.4. The molecule has 0 saturated carbocycles. The molecule has 1 aromatic heterocycles. The molecule has 0 fully saturated rings. The molecule has 0 aliphatic heterocycles. The van der Waals surface area contributed by atoms with Crippen LogP contribution in [-0.2, 0) is 20.2 Å². The molecule has 20 heavy (non-hydrogen) atoms. The van der Waals surface area contributed by atoms with Crippen molar-refractivity contribution in [3.05, 3.63) is 34.7 Å². The molecule has 2 aromatic rings. The van der Waals surface area contributed by atoms with E-state index in [0.717, 1.165) is 29.5 Å². The Morgan fingerprint density at radius 2 is 1.60 bits per heavy atom. The van der Waals surface area contributed by atoms with Crippen molar-refractivity contribution in [2.75, 3.05) is 0 Å². The number of thiophene rings is 1. The van der Waals surface area contributed by atoms with Gasteiger partial charge in [-0.15, -0.1) is 11.3 Å². The second-order valence-corrected chi connectivity index (χ2v) is 8.24. The minimum atomic E-state index is -4.55. The van der Waals surface area contributed by atoms with Crippen LogP contribution in [0.1, 0.15) is 0 Å². The maximum Gasteiger partial charge on any atom is 0.295 e. The summed E-state index contributed by atoms with van der Waals surface area (Å²) in [6, 6.07) is 5.72. The summed E-state index contributed by atoms with van der Waals surface area (Å²) in [5, 5.41) is 0. The monoisotopic (exact) mass is 354 g/mol. The molecule has 1 aromatic carbocycles. The van der Waals surface area contributed by atoms with Crippen LogP contribution >= 0.6 is 22.9 Å². The number of benzene rings is 1. The summed E-state index contributed by atoms with van der Waals surface area (Å²) in [5.74, 6) is 0. The largest absolute Gasteiger partial charge is 0.295 e. The molecule has 2 rings (SSSR count). The normalized spacial score (nSPS) is 12.6. The van der Waals surface area contributed by atoms with Crippen molar-refractivity contribution in [2.45, 2.75) is 9.79 Å². The molecule has 0 aliphatic carbocycles. The van der Waals surface area contributed by atoms with E-state index in [2.05, 4.69) is 0 Å². The summed E-state index contributed by atoms with van der Waals surface area (Å²) in [7, 11) is -9.04. The molecule has 0 atom stereocenters. The SMILES string of the molecule is O=S(=O)(O)c1ccc(S(=O)(=O)O)c(-c2ccc(Cl)s2)c1. The Balaban J connectivity index is 2.80. The van der Waals surface area contributed by atoms with Gasteiger partial charge in [0.05, 0.1) is 9.23 Å². The summed E-state index contributed by atoms with van der Waals surface area (Å²) in [4.78, 5) is -0.610. The molecule has 0 radical (unpaired) electrons. The first-order valence-electron chi connectivity index (χ1n) is 4.94. The molecule has 0 unspecified atom stereocenters. The molecular formula is C10H7ClO6S3. The van der Waals surface area contributed by atoms with Crippen molar-refractivity contribution >= 4 is 43.2 Å². The third kappa shape index (κ3) is 3.19. The highest BCUT2D eigenvalue weighted by molar-refractivity contribution is 7.86. The fourth-order valence-electron chi connectivity index (χ4n) is 1.55. The van der Waals surface area contributed by atoms with Crippen LogP contribution in [0.15, 0.2) is 40.1 Å². The van der Waals surface area contributed by atoms with E-state index in [1.807, 2.05) is 0 Å². The van der Waals surface area contributed by atoms with Crippen molar-refractivity contribution in [2.24, 2.45) is 0 Å². The third-order valence-electron chi connectivity index (χ3n) is 2.37. The first-order chi connectivity index (χ1) is 9.09. The Morgan fingerprint density at radius 1 is 0.950 bits per heavy atom. The highest BCUT2D eigenvalue weighted by Gasteiger charge is 2.21. The van der Waals surface area contributed by atoms with Gasteiger partial charge in [0.25, 0.3) is 20.2 Å². The zero-order valence-electron chi connectivity index (χ0n) is 9.52. The van der Waals surface area contributed by atoms with E-state index in [1.165, 1.54) is 12.1 Å². The predicted octanol–water partition coefficient (Wildman–Crippen LogP) is 2.56. The zero-order chi connectivity index (χ0) is 15.1. The number of hydrogen-bond donors (Lipinski definition) is 2. The Bertz CT molecular complexity index is 866. The van der Waals surface area contributed by atoms with Crippen LogP contribution in [0.4, 0.5) is 0 Å². The standard InChI is InChI=1S/C10H7ClO6S3/c11-10-4-2-8(18-10)7-5-6(19(12,13)14)1-3-9(7)20(15,16)17/h1-5H,(H,12,13,14)(H,15,16,17). The van der Waals surface area contributed by atoms with Crippen LogP contribution in [0.3, 0.4) is 0 Å². The number of hydrogen-bond acceptors (Lipinski definition) is 5. The minimum Gasteiger partial charge on any atom is -0.282 e. The van der Waals surface area contributed by atoms with E-state index < -0.39 is 30.0 Å². The lowest BCUT2D eigenvalue weighted by molar-refractivity contribution is 0.479. The van der Waals surface area contributed by atoms with Crippen molar-refractivity contribution in [1.82, 2.24) is 0 Å². The van der Waals surface area contributed by atoms with Crippen LogP contribution < -0.4 is 0 Å². The third-order valence-corrected chi connectivity index (χ3v) is 5.39. The van der Waals surface area contributed by atoms with E-state index >= 15 is 0 Å². The average Bonchev–Trinajstić information content (AvgIpc) is 2.72. The zero-order valence-corrected chi connectivity index (χ0v) is 12.7. The second-order valence-electron chi connectivity index (χ2n) is 3.71. The summed E-state index contributed by atoms with van der Waals surface area (Å²) < 4.78 is 63.3. The van der Waals surface area contributed by atoms with E-state index in [0.29, 0.717) is 9.21 Å². The van der Waals surface area contributed by atoms with Gasteiger partial charge in [-0.1, -0.05) is 11.6 Å². The van der Waals surface area contributed by atoms with Gasteiger partial charge in [-0.2, -0.15) is 16.8 Å². The van der Waals surface area contributed by atoms with Crippen molar-refractivity contribution < 1.29 is 25.9 Å². The van der Waals surface area contributed by atoms with Crippen LogP contribution in [0, 0.1) is 0 Å². The molecule has 0 saturated heterocycles. The highest BCUT2D eigenvalue weighted by Crippen LogP contribution is 2.36. The van der Waals surface area contributed by atoms with Crippen LogP contribution in [0.5, 0.6) is 0 Å². The molecule has 0 aliphatic rings. The Hall–Kier alpha value is -0.970. The maximum absolute atomic E-state index is 11.3. The average molecular weight is 355 g/mol. The van der Waals surface area contributed by atoms with Crippen molar-refractivity contribution in [1.29, 1.82) is 0 Å². The van der Waals surface area contributed by atoms with Gasteiger partial charge in [0, 0.05) is 10.4 Å². The molecule has 108 valence electrons. The Morgan fingerprint density at radius 3 is 2.05 bits per heavy atom. The fourth-order valence-corrected chi connectivity index (χ4v) is 3.88. The smallest absolute Gasteiger partial charge is 0.282 e.